The van der Waals surface area contributed by atoms with Crippen molar-refractivity contribution >= 4 is 17.6 Å². The summed E-state index contributed by atoms with van der Waals surface area (Å²) in [4.78, 5) is 28.1. The molecule has 2 aromatic rings. The SMILES string of the molecule is CCOC(=O)C1=C(CN2CC=C(c3ccccc3)CC2)NC(=O)N[C@@H]1c1cccc(OC)c1OC. The molecule has 2 N–H and O–H groups in total. The van der Waals surface area contributed by atoms with E-state index in [0.717, 1.165) is 13.0 Å². The maximum atomic E-state index is 13.2. The van der Waals surface area contributed by atoms with E-state index in [1.165, 1.54) is 18.2 Å². The van der Waals surface area contributed by atoms with Crippen LogP contribution in [0.3, 0.4) is 0 Å². The lowest BCUT2D eigenvalue weighted by atomic mass is 9.93. The molecule has 0 saturated carbocycles. The molecule has 0 spiro atoms. The molecular formula is C27H31N3O5. The summed E-state index contributed by atoms with van der Waals surface area (Å²) in [6.45, 7) is 3.90. The standard InChI is InChI=1S/C27H31N3O5/c1-4-35-26(31)23-21(17-30-15-13-19(14-16-30)18-9-6-5-7-10-18)28-27(32)29-24(23)20-11-8-12-22(33-2)25(20)34-3/h5-13,24H,4,14-17H2,1-3H3,(H2,28,29,32)/t24-/m1/s1. The summed E-state index contributed by atoms with van der Waals surface area (Å²) in [6.07, 6.45) is 3.08. The van der Waals surface area contributed by atoms with Crippen molar-refractivity contribution in [3.05, 3.63) is 77.0 Å². The molecule has 8 heteroatoms. The Morgan fingerprint density at radius 2 is 1.89 bits per heavy atom. The summed E-state index contributed by atoms with van der Waals surface area (Å²) in [5.41, 5.74) is 4.02. The van der Waals surface area contributed by atoms with Gasteiger partial charge in [-0.15, -0.1) is 0 Å². The van der Waals surface area contributed by atoms with Gasteiger partial charge in [-0.2, -0.15) is 0 Å². The van der Waals surface area contributed by atoms with E-state index in [4.69, 9.17) is 14.2 Å². The Bertz CT molecular complexity index is 1140. The second kappa shape index (κ2) is 11.1. The third kappa shape index (κ3) is 5.33. The normalized spacial score (nSPS) is 18.3. The number of esters is 1. The van der Waals surface area contributed by atoms with Crippen molar-refractivity contribution < 1.29 is 23.8 Å². The number of hydrogen-bond donors (Lipinski definition) is 2. The van der Waals surface area contributed by atoms with Crippen LogP contribution >= 0.6 is 0 Å². The number of amides is 2. The van der Waals surface area contributed by atoms with Gasteiger partial charge in [-0.25, -0.2) is 9.59 Å². The van der Waals surface area contributed by atoms with E-state index in [1.54, 1.807) is 26.2 Å². The van der Waals surface area contributed by atoms with Crippen molar-refractivity contribution in [1.29, 1.82) is 0 Å². The molecule has 0 fully saturated rings. The largest absolute Gasteiger partial charge is 0.493 e. The molecule has 0 aromatic heterocycles. The van der Waals surface area contributed by atoms with Crippen LogP contribution in [-0.4, -0.2) is 57.4 Å². The highest BCUT2D eigenvalue weighted by atomic mass is 16.5. The van der Waals surface area contributed by atoms with Crippen molar-refractivity contribution in [1.82, 2.24) is 15.5 Å². The number of ether oxygens (including phenoxy) is 3. The van der Waals surface area contributed by atoms with Crippen LogP contribution in [0.1, 0.15) is 30.5 Å². The monoisotopic (exact) mass is 477 g/mol. The van der Waals surface area contributed by atoms with Crippen molar-refractivity contribution in [2.24, 2.45) is 0 Å². The zero-order valence-corrected chi connectivity index (χ0v) is 20.3. The number of nitrogens with one attached hydrogen (secondary N) is 2. The molecule has 4 rings (SSSR count). The number of carbonyl (C=O) groups excluding carboxylic acids is 2. The van der Waals surface area contributed by atoms with Crippen molar-refractivity contribution in [3.8, 4) is 11.5 Å². The topological polar surface area (TPSA) is 89.1 Å². The second-order valence-corrected chi connectivity index (χ2v) is 8.31. The van der Waals surface area contributed by atoms with E-state index in [2.05, 4.69) is 33.7 Å². The average molecular weight is 478 g/mol. The lowest BCUT2D eigenvalue weighted by Gasteiger charge is -2.33. The van der Waals surface area contributed by atoms with Gasteiger partial charge in [0.05, 0.1) is 32.4 Å². The van der Waals surface area contributed by atoms with Gasteiger partial charge in [0, 0.05) is 30.9 Å². The lowest BCUT2D eigenvalue weighted by molar-refractivity contribution is -0.139. The van der Waals surface area contributed by atoms with Crippen LogP contribution in [0, 0.1) is 0 Å². The van der Waals surface area contributed by atoms with Crippen LogP contribution in [0.15, 0.2) is 65.9 Å². The summed E-state index contributed by atoms with van der Waals surface area (Å²) < 4.78 is 16.4. The Morgan fingerprint density at radius 3 is 2.54 bits per heavy atom. The molecule has 8 nitrogen and oxygen atoms in total. The molecule has 2 heterocycles. The first-order valence-corrected chi connectivity index (χ1v) is 11.7. The highest BCUT2D eigenvalue weighted by molar-refractivity contribution is 5.95. The molecule has 0 radical (unpaired) electrons. The minimum Gasteiger partial charge on any atom is -0.493 e. The van der Waals surface area contributed by atoms with Gasteiger partial charge in [-0.05, 0) is 30.5 Å². The van der Waals surface area contributed by atoms with E-state index >= 15 is 0 Å². The summed E-state index contributed by atoms with van der Waals surface area (Å²) in [5.74, 6) is 0.483. The number of nitrogens with zero attached hydrogens (tertiary/aromatic N) is 1. The van der Waals surface area contributed by atoms with Gasteiger partial charge in [0.2, 0.25) is 0 Å². The predicted octanol–water partition coefficient (Wildman–Crippen LogP) is 3.66. The van der Waals surface area contributed by atoms with Gasteiger partial charge in [-0.1, -0.05) is 48.5 Å². The molecule has 2 aliphatic rings. The second-order valence-electron chi connectivity index (χ2n) is 8.31. The smallest absolute Gasteiger partial charge is 0.338 e. The third-order valence-corrected chi connectivity index (χ3v) is 6.21. The van der Waals surface area contributed by atoms with Gasteiger partial charge < -0.3 is 24.8 Å². The Kier molecular flexibility index (Phi) is 7.72. The number of hydrogen-bond acceptors (Lipinski definition) is 6. The molecule has 2 aromatic carbocycles. The number of rotatable bonds is 8. The van der Waals surface area contributed by atoms with Gasteiger partial charge in [-0.3, -0.25) is 4.90 Å². The first-order chi connectivity index (χ1) is 17.0. The number of benzene rings is 2. The molecule has 35 heavy (non-hydrogen) atoms. The summed E-state index contributed by atoms with van der Waals surface area (Å²) >= 11 is 0. The zero-order valence-electron chi connectivity index (χ0n) is 20.3. The molecule has 184 valence electrons. The molecule has 2 aliphatic heterocycles. The maximum Gasteiger partial charge on any atom is 0.338 e. The first kappa shape index (κ1) is 24.3. The molecular weight excluding hydrogens is 446 g/mol. The van der Waals surface area contributed by atoms with E-state index in [0.29, 0.717) is 41.4 Å². The molecule has 0 saturated heterocycles. The molecule has 2 amide bonds. The van der Waals surface area contributed by atoms with Crippen LogP contribution in [0.25, 0.3) is 5.57 Å². The van der Waals surface area contributed by atoms with Crippen molar-refractivity contribution in [2.75, 3.05) is 40.5 Å². The molecule has 1 atom stereocenters. The molecule has 0 aliphatic carbocycles. The van der Waals surface area contributed by atoms with Crippen LogP contribution in [-0.2, 0) is 9.53 Å². The van der Waals surface area contributed by atoms with E-state index < -0.39 is 12.0 Å². The fourth-order valence-electron chi connectivity index (χ4n) is 4.56. The average Bonchev–Trinajstić information content (AvgIpc) is 2.88. The van der Waals surface area contributed by atoms with Gasteiger partial charge >= 0.3 is 12.0 Å². The van der Waals surface area contributed by atoms with E-state index in [1.807, 2.05) is 24.3 Å². The van der Waals surface area contributed by atoms with Crippen molar-refractivity contribution in [3.63, 3.8) is 0 Å². The van der Waals surface area contributed by atoms with Crippen LogP contribution in [0.5, 0.6) is 11.5 Å². The maximum absolute atomic E-state index is 13.2. The summed E-state index contributed by atoms with van der Waals surface area (Å²) in [5, 5.41) is 5.73. The first-order valence-electron chi connectivity index (χ1n) is 11.7. The number of methoxy groups -OCH3 is 2. The van der Waals surface area contributed by atoms with Gasteiger partial charge in [0.25, 0.3) is 0 Å². The van der Waals surface area contributed by atoms with Crippen LogP contribution in [0.2, 0.25) is 0 Å². The number of carbonyl (C=O) groups is 2. The van der Waals surface area contributed by atoms with Gasteiger partial charge in [0.1, 0.15) is 0 Å². The molecule has 0 unspecified atom stereocenters. The predicted molar refractivity (Wildman–Crippen MR) is 133 cm³/mol. The zero-order chi connectivity index (χ0) is 24.8. The number of urea groups is 1. The van der Waals surface area contributed by atoms with Crippen LogP contribution < -0.4 is 20.1 Å². The van der Waals surface area contributed by atoms with Crippen LogP contribution in [0.4, 0.5) is 4.79 Å². The third-order valence-electron chi connectivity index (χ3n) is 6.21. The minimum atomic E-state index is -0.747. The molecule has 0 bridgehead atoms. The van der Waals surface area contributed by atoms with Gasteiger partial charge in [0.15, 0.2) is 11.5 Å². The quantitative estimate of drug-likeness (QED) is 0.564. The summed E-state index contributed by atoms with van der Waals surface area (Å²) in [7, 11) is 3.08. The van der Waals surface area contributed by atoms with E-state index in [9.17, 15) is 9.59 Å². The summed E-state index contributed by atoms with van der Waals surface area (Å²) in [6, 6.07) is 14.6. The fourth-order valence-corrected chi connectivity index (χ4v) is 4.56. The Morgan fingerprint density at radius 1 is 1.09 bits per heavy atom. The Balaban J connectivity index is 1.67. The minimum absolute atomic E-state index is 0.221. The lowest BCUT2D eigenvalue weighted by Crippen LogP contribution is -2.49. The highest BCUT2D eigenvalue weighted by Gasteiger charge is 2.36. The Hall–Kier alpha value is -3.78. The number of para-hydroxylation sites is 1. The van der Waals surface area contributed by atoms with E-state index in [-0.39, 0.29) is 12.6 Å². The fraction of sp³-hybridized carbons (Fsp3) is 0.333. The Labute approximate surface area is 205 Å². The van der Waals surface area contributed by atoms with Crippen molar-refractivity contribution in [2.45, 2.75) is 19.4 Å². The highest BCUT2D eigenvalue weighted by Crippen LogP contribution is 2.39.